The van der Waals surface area contributed by atoms with Gasteiger partial charge in [-0.25, -0.2) is 0 Å². The molecular formula is C15H18ClN3. The number of rotatable bonds is 4. The van der Waals surface area contributed by atoms with Crippen LogP contribution in [0.15, 0.2) is 42.6 Å². The third-order valence-corrected chi connectivity index (χ3v) is 3.62. The second-order valence-corrected chi connectivity index (χ2v) is 5.10. The average molecular weight is 276 g/mol. The number of benzene rings is 1. The Morgan fingerprint density at radius 1 is 1.26 bits per heavy atom. The molecule has 0 saturated heterocycles. The third kappa shape index (κ3) is 3.46. The summed E-state index contributed by atoms with van der Waals surface area (Å²) in [7, 11) is 2.06. The van der Waals surface area contributed by atoms with E-state index in [-0.39, 0.29) is 6.04 Å². The van der Waals surface area contributed by atoms with Crippen LogP contribution in [0.5, 0.6) is 0 Å². The molecular weight excluding hydrogens is 258 g/mol. The molecule has 1 atom stereocenters. The summed E-state index contributed by atoms with van der Waals surface area (Å²) in [6, 6.07) is 12.0. The lowest BCUT2D eigenvalue weighted by Gasteiger charge is -2.25. The van der Waals surface area contributed by atoms with Crippen LogP contribution in [-0.4, -0.2) is 16.9 Å². The molecule has 1 unspecified atom stereocenters. The Bertz CT molecular complexity index is 539. The largest absolute Gasteiger partial charge is 0.397 e. The summed E-state index contributed by atoms with van der Waals surface area (Å²) in [6.07, 6.45) is 1.68. The van der Waals surface area contributed by atoms with E-state index >= 15 is 0 Å². The van der Waals surface area contributed by atoms with Gasteiger partial charge in [-0.15, -0.1) is 0 Å². The van der Waals surface area contributed by atoms with Gasteiger partial charge in [0.05, 0.1) is 17.6 Å². The standard InChI is InChI=1S/C15H18ClN3/c1-11(14-5-3-4-6-15(14)16)19(2)10-13-8-7-12(17)9-18-13/h3-9,11H,10,17H2,1-2H3. The summed E-state index contributed by atoms with van der Waals surface area (Å²) >= 11 is 6.23. The maximum Gasteiger partial charge on any atom is 0.0545 e. The molecule has 0 saturated carbocycles. The molecule has 100 valence electrons. The summed E-state index contributed by atoms with van der Waals surface area (Å²) < 4.78 is 0. The number of pyridine rings is 1. The highest BCUT2D eigenvalue weighted by Crippen LogP contribution is 2.26. The Kier molecular flexibility index (Phi) is 4.40. The van der Waals surface area contributed by atoms with Crippen LogP contribution in [0.25, 0.3) is 0 Å². The summed E-state index contributed by atoms with van der Waals surface area (Å²) in [5.74, 6) is 0. The average Bonchev–Trinajstić information content (AvgIpc) is 2.41. The summed E-state index contributed by atoms with van der Waals surface area (Å²) in [5, 5.41) is 0.798. The molecule has 1 aromatic heterocycles. The third-order valence-electron chi connectivity index (χ3n) is 3.28. The Morgan fingerprint density at radius 3 is 2.63 bits per heavy atom. The normalized spacial score (nSPS) is 12.6. The zero-order chi connectivity index (χ0) is 13.8. The lowest BCUT2D eigenvalue weighted by Crippen LogP contribution is -2.22. The topological polar surface area (TPSA) is 42.1 Å². The van der Waals surface area contributed by atoms with Gasteiger partial charge in [-0.05, 0) is 37.7 Å². The van der Waals surface area contributed by atoms with Gasteiger partial charge in [0.25, 0.3) is 0 Å². The van der Waals surface area contributed by atoms with E-state index < -0.39 is 0 Å². The molecule has 0 aliphatic rings. The minimum atomic E-state index is 0.230. The number of nitrogens with zero attached hydrogens (tertiary/aromatic N) is 2. The van der Waals surface area contributed by atoms with Crippen molar-refractivity contribution in [2.24, 2.45) is 0 Å². The molecule has 0 fully saturated rings. The maximum atomic E-state index is 6.23. The molecule has 1 aromatic carbocycles. The van der Waals surface area contributed by atoms with Gasteiger partial charge >= 0.3 is 0 Å². The van der Waals surface area contributed by atoms with Gasteiger partial charge in [0, 0.05) is 17.6 Å². The second-order valence-electron chi connectivity index (χ2n) is 4.70. The highest BCUT2D eigenvalue weighted by molar-refractivity contribution is 6.31. The first kappa shape index (κ1) is 13.8. The van der Waals surface area contributed by atoms with E-state index in [1.165, 1.54) is 0 Å². The van der Waals surface area contributed by atoms with Gasteiger partial charge in [0.1, 0.15) is 0 Å². The number of nitrogen functional groups attached to an aromatic ring is 1. The van der Waals surface area contributed by atoms with Crippen molar-refractivity contribution < 1.29 is 0 Å². The van der Waals surface area contributed by atoms with Crippen LogP contribution in [-0.2, 0) is 6.54 Å². The van der Waals surface area contributed by atoms with Gasteiger partial charge in [0.15, 0.2) is 0 Å². The van der Waals surface area contributed by atoms with Gasteiger partial charge in [-0.2, -0.15) is 0 Å². The molecule has 1 heterocycles. The smallest absolute Gasteiger partial charge is 0.0545 e. The molecule has 0 radical (unpaired) electrons. The molecule has 2 aromatic rings. The zero-order valence-electron chi connectivity index (χ0n) is 11.2. The van der Waals surface area contributed by atoms with Crippen LogP contribution >= 0.6 is 11.6 Å². The lowest BCUT2D eigenvalue weighted by molar-refractivity contribution is 0.250. The Labute approximate surface area is 119 Å². The predicted molar refractivity (Wildman–Crippen MR) is 80.0 cm³/mol. The van der Waals surface area contributed by atoms with Crippen LogP contribution in [0.1, 0.15) is 24.2 Å². The first-order valence-corrected chi connectivity index (χ1v) is 6.61. The fraction of sp³-hybridized carbons (Fsp3) is 0.267. The first-order chi connectivity index (χ1) is 9.08. The van der Waals surface area contributed by atoms with E-state index in [1.807, 2.05) is 30.3 Å². The van der Waals surface area contributed by atoms with Gasteiger partial charge in [-0.3, -0.25) is 9.88 Å². The van der Waals surface area contributed by atoms with Crippen LogP contribution < -0.4 is 5.73 Å². The van der Waals surface area contributed by atoms with Crippen molar-refractivity contribution >= 4 is 17.3 Å². The molecule has 0 aliphatic heterocycles. The van der Waals surface area contributed by atoms with Crippen LogP contribution in [0.4, 0.5) is 5.69 Å². The molecule has 0 aliphatic carbocycles. The van der Waals surface area contributed by atoms with E-state index in [9.17, 15) is 0 Å². The Morgan fingerprint density at radius 2 is 2.00 bits per heavy atom. The molecule has 4 heteroatoms. The molecule has 0 bridgehead atoms. The van der Waals surface area contributed by atoms with Crippen molar-refractivity contribution in [2.45, 2.75) is 19.5 Å². The Hall–Kier alpha value is -1.58. The van der Waals surface area contributed by atoms with Gasteiger partial charge in [0.2, 0.25) is 0 Å². The van der Waals surface area contributed by atoms with Crippen molar-refractivity contribution in [3.63, 3.8) is 0 Å². The highest BCUT2D eigenvalue weighted by atomic mass is 35.5. The lowest BCUT2D eigenvalue weighted by atomic mass is 10.1. The predicted octanol–water partition coefficient (Wildman–Crippen LogP) is 3.51. The number of hydrogen-bond donors (Lipinski definition) is 1. The van der Waals surface area contributed by atoms with Crippen molar-refractivity contribution in [2.75, 3.05) is 12.8 Å². The number of halogens is 1. The summed E-state index contributed by atoms with van der Waals surface area (Å²) in [6.45, 7) is 2.89. The molecule has 2 N–H and O–H groups in total. The number of aromatic nitrogens is 1. The SMILES string of the molecule is CC(c1ccccc1Cl)N(C)Cc1ccc(N)cn1. The highest BCUT2D eigenvalue weighted by Gasteiger charge is 2.14. The van der Waals surface area contributed by atoms with Crippen molar-refractivity contribution in [3.8, 4) is 0 Å². The number of anilines is 1. The number of hydrogen-bond acceptors (Lipinski definition) is 3. The summed E-state index contributed by atoms with van der Waals surface area (Å²) in [5.41, 5.74) is 8.44. The second kappa shape index (κ2) is 6.04. The van der Waals surface area contributed by atoms with E-state index in [2.05, 4.69) is 29.9 Å². The number of nitrogens with two attached hydrogens (primary N) is 1. The van der Waals surface area contributed by atoms with Crippen LogP contribution in [0.2, 0.25) is 5.02 Å². The van der Waals surface area contributed by atoms with Crippen LogP contribution in [0.3, 0.4) is 0 Å². The fourth-order valence-corrected chi connectivity index (χ4v) is 2.27. The van der Waals surface area contributed by atoms with Crippen LogP contribution in [0, 0.1) is 0 Å². The summed E-state index contributed by atoms with van der Waals surface area (Å²) in [4.78, 5) is 6.53. The van der Waals surface area contributed by atoms with Crippen molar-refractivity contribution in [1.29, 1.82) is 0 Å². The van der Waals surface area contributed by atoms with E-state index in [4.69, 9.17) is 17.3 Å². The van der Waals surface area contributed by atoms with Gasteiger partial charge < -0.3 is 5.73 Å². The quantitative estimate of drug-likeness (QED) is 0.928. The first-order valence-electron chi connectivity index (χ1n) is 6.23. The van der Waals surface area contributed by atoms with E-state index in [0.29, 0.717) is 5.69 Å². The minimum absolute atomic E-state index is 0.230. The van der Waals surface area contributed by atoms with Crippen molar-refractivity contribution in [3.05, 3.63) is 58.9 Å². The molecule has 2 rings (SSSR count). The molecule has 0 spiro atoms. The fourth-order valence-electron chi connectivity index (χ4n) is 1.97. The molecule has 19 heavy (non-hydrogen) atoms. The maximum absolute atomic E-state index is 6.23. The monoisotopic (exact) mass is 275 g/mol. The molecule has 0 amide bonds. The minimum Gasteiger partial charge on any atom is -0.397 e. The molecule has 3 nitrogen and oxygen atoms in total. The van der Waals surface area contributed by atoms with E-state index in [0.717, 1.165) is 22.8 Å². The zero-order valence-corrected chi connectivity index (χ0v) is 11.9. The van der Waals surface area contributed by atoms with Gasteiger partial charge in [-0.1, -0.05) is 29.8 Å². The Balaban J connectivity index is 2.09. The van der Waals surface area contributed by atoms with Crippen molar-refractivity contribution in [1.82, 2.24) is 9.88 Å². The van der Waals surface area contributed by atoms with E-state index in [1.54, 1.807) is 6.20 Å².